The second-order valence-corrected chi connectivity index (χ2v) is 8.10. The minimum Gasteiger partial charge on any atom is -0.493 e. The molecule has 0 fully saturated rings. The van der Waals surface area contributed by atoms with Crippen LogP contribution in [0, 0.1) is 11.8 Å². The molecule has 1 aliphatic heterocycles. The number of carbonyl (C=O) groups is 3. The van der Waals surface area contributed by atoms with Gasteiger partial charge in [0.2, 0.25) is 0 Å². The largest absolute Gasteiger partial charge is 0.493 e. The van der Waals surface area contributed by atoms with E-state index in [0.717, 1.165) is 0 Å². The first kappa shape index (κ1) is 24.4. The Kier molecular flexibility index (Phi) is 7.46. The quantitative estimate of drug-likeness (QED) is 0.492. The van der Waals surface area contributed by atoms with Gasteiger partial charge in [0.15, 0.2) is 17.3 Å². The predicted octanol–water partition coefficient (Wildman–Crippen LogP) is 3.27. The summed E-state index contributed by atoms with van der Waals surface area (Å²) in [6.45, 7) is 7.89. The predicted molar refractivity (Wildman–Crippen MR) is 121 cm³/mol. The smallest absolute Gasteiger partial charge is 0.336 e. The van der Waals surface area contributed by atoms with Crippen LogP contribution in [0.5, 0.6) is 11.5 Å². The average Bonchev–Trinajstić information content (AvgIpc) is 2.78. The van der Waals surface area contributed by atoms with E-state index >= 15 is 0 Å². The van der Waals surface area contributed by atoms with E-state index in [-0.39, 0.29) is 18.3 Å². The van der Waals surface area contributed by atoms with Crippen LogP contribution in [0.3, 0.4) is 0 Å². The number of benzene rings is 1. The number of Topliss-reactive ketones (excluding diaryl/α,β-unsaturated/α-hetero) is 1. The number of hydrogen-bond donors (Lipinski definition) is 1. The van der Waals surface area contributed by atoms with Crippen molar-refractivity contribution in [2.75, 3.05) is 27.4 Å². The summed E-state index contributed by atoms with van der Waals surface area (Å²) in [5.74, 6) is -2.32. The fourth-order valence-corrected chi connectivity index (χ4v) is 4.63. The first-order valence-electron chi connectivity index (χ1n) is 11.1. The SMILES string of the molecule is CCOC(=O)C1=C(C)NC2=C(C(=O)[C@H](C(=O)OC)[C@@H](C)C2)[C@@H]1c1ccc(OCC)c(OC)c1. The number of ether oxygens (including phenoxy) is 4. The van der Waals surface area contributed by atoms with Crippen LogP contribution in [-0.4, -0.2) is 45.2 Å². The summed E-state index contributed by atoms with van der Waals surface area (Å²) in [5.41, 5.74) is 2.69. The molecule has 8 heteroatoms. The molecular weight excluding hydrogens is 426 g/mol. The monoisotopic (exact) mass is 457 g/mol. The van der Waals surface area contributed by atoms with Crippen LogP contribution in [0.2, 0.25) is 0 Å². The van der Waals surface area contributed by atoms with Gasteiger partial charge >= 0.3 is 11.9 Å². The van der Waals surface area contributed by atoms with E-state index in [2.05, 4.69) is 5.32 Å². The van der Waals surface area contributed by atoms with Crippen molar-refractivity contribution in [2.45, 2.75) is 40.0 Å². The Morgan fingerprint density at radius 1 is 1.12 bits per heavy atom. The van der Waals surface area contributed by atoms with Gasteiger partial charge in [0.25, 0.3) is 0 Å². The van der Waals surface area contributed by atoms with Crippen molar-refractivity contribution in [3.63, 3.8) is 0 Å². The number of rotatable bonds is 7. The van der Waals surface area contributed by atoms with E-state index in [1.807, 2.05) is 13.8 Å². The number of allylic oxidation sites excluding steroid dienone is 3. The molecule has 0 saturated carbocycles. The number of ketones is 1. The summed E-state index contributed by atoms with van der Waals surface area (Å²) in [6.07, 6.45) is 0.471. The second kappa shape index (κ2) is 10.1. The van der Waals surface area contributed by atoms with Gasteiger partial charge in [-0.25, -0.2) is 4.79 Å². The van der Waals surface area contributed by atoms with Crippen molar-refractivity contribution < 1.29 is 33.3 Å². The Balaban J connectivity index is 2.21. The Labute approximate surface area is 193 Å². The van der Waals surface area contributed by atoms with Crippen LogP contribution in [0.1, 0.15) is 45.6 Å². The minimum atomic E-state index is -0.940. The van der Waals surface area contributed by atoms with Crippen molar-refractivity contribution in [1.29, 1.82) is 0 Å². The van der Waals surface area contributed by atoms with Crippen molar-refractivity contribution in [1.82, 2.24) is 5.32 Å². The number of hydrogen-bond acceptors (Lipinski definition) is 8. The lowest BCUT2D eigenvalue weighted by atomic mass is 9.69. The highest BCUT2D eigenvalue weighted by molar-refractivity contribution is 6.12. The molecule has 0 radical (unpaired) electrons. The van der Waals surface area contributed by atoms with Gasteiger partial charge in [-0.1, -0.05) is 13.0 Å². The highest BCUT2D eigenvalue weighted by Crippen LogP contribution is 2.46. The van der Waals surface area contributed by atoms with E-state index < -0.39 is 23.8 Å². The van der Waals surface area contributed by atoms with Gasteiger partial charge < -0.3 is 24.3 Å². The Bertz CT molecular complexity index is 1020. The van der Waals surface area contributed by atoms with E-state index in [9.17, 15) is 14.4 Å². The molecule has 1 aliphatic carbocycles. The van der Waals surface area contributed by atoms with Crippen LogP contribution in [0.15, 0.2) is 40.7 Å². The van der Waals surface area contributed by atoms with Gasteiger partial charge in [0.1, 0.15) is 5.92 Å². The molecule has 0 saturated heterocycles. The zero-order chi connectivity index (χ0) is 24.3. The molecule has 3 rings (SSSR count). The summed E-state index contributed by atoms with van der Waals surface area (Å²) < 4.78 is 21.4. The fraction of sp³-hybridized carbons (Fsp3) is 0.480. The molecule has 0 amide bonds. The van der Waals surface area contributed by atoms with Gasteiger partial charge in [-0.3, -0.25) is 9.59 Å². The van der Waals surface area contributed by atoms with Gasteiger partial charge in [-0.15, -0.1) is 0 Å². The number of esters is 2. The summed E-state index contributed by atoms with van der Waals surface area (Å²) in [5, 5.41) is 3.24. The van der Waals surface area contributed by atoms with Crippen molar-refractivity contribution in [2.24, 2.45) is 11.8 Å². The summed E-state index contributed by atoms with van der Waals surface area (Å²) in [7, 11) is 2.80. The number of nitrogens with one attached hydrogen (secondary N) is 1. The van der Waals surface area contributed by atoms with Crippen molar-refractivity contribution >= 4 is 17.7 Å². The molecule has 2 aliphatic rings. The highest BCUT2D eigenvalue weighted by atomic mass is 16.5. The van der Waals surface area contributed by atoms with Crippen LogP contribution in [0.25, 0.3) is 0 Å². The van der Waals surface area contributed by atoms with Crippen LogP contribution in [-0.2, 0) is 23.9 Å². The third kappa shape index (κ3) is 4.47. The van der Waals surface area contributed by atoms with Crippen molar-refractivity contribution in [3.8, 4) is 11.5 Å². The molecule has 1 N–H and O–H groups in total. The summed E-state index contributed by atoms with van der Waals surface area (Å²) in [6, 6.07) is 5.32. The molecule has 1 aromatic carbocycles. The first-order valence-corrected chi connectivity index (χ1v) is 11.1. The van der Waals surface area contributed by atoms with E-state index in [0.29, 0.717) is 52.6 Å². The van der Waals surface area contributed by atoms with E-state index in [1.165, 1.54) is 14.2 Å². The minimum absolute atomic E-state index is 0.191. The van der Waals surface area contributed by atoms with Crippen molar-refractivity contribution in [3.05, 3.63) is 46.3 Å². The zero-order valence-corrected chi connectivity index (χ0v) is 19.9. The van der Waals surface area contributed by atoms with Gasteiger partial charge in [-0.05, 0) is 50.8 Å². The lowest BCUT2D eigenvalue weighted by Gasteiger charge is -2.38. The molecule has 178 valence electrons. The highest BCUT2D eigenvalue weighted by Gasteiger charge is 2.47. The molecule has 3 atom stereocenters. The molecule has 1 heterocycles. The summed E-state index contributed by atoms with van der Waals surface area (Å²) in [4.78, 5) is 39.2. The zero-order valence-electron chi connectivity index (χ0n) is 19.9. The standard InChI is InChI=1S/C25H31NO7/c1-7-32-17-10-9-15(12-18(17)30-5)21-20(25(29)33-8-2)14(4)26-16-11-13(3)19(24(28)31-6)23(27)22(16)21/h9-10,12-13,19,21,26H,7-8,11H2,1-6H3/t13-,19+,21+/m0/s1. The van der Waals surface area contributed by atoms with Gasteiger partial charge in [0, 0.05) is 22.9 Å². The molecule has 33 heavy (non-hydrogen) atoms. The second-order valence-electron chi connectivity index (χ2n) is 8.10. The Morgan fingerprint density at radius 2 is 1.85 bits per heavy atom. The molecule has 0 spiro atoms. The normalized spacial score (nSPS) is 22.4. The van der Waals surface area contributed by atoms with Gasteiger partial charge in [0.05, 0.1) is 33.0 Å². The number of methoxy groups -OCH3 is 2. The maximum atomic E-state index is 13.7. The molecule has 0 aromatic heterocycles. The Morgan fingerprint density at radius 3 is 2.45 bits per heavy atom. The third-order valence-corrected chi connectivity index (χ3v) is 6.06. The molecule has 0 unspecified atom stereocenters. The van der Waals surface area contributed by atoms with Gasteiger partial charge in [-0.2, -0.15) is 0 Å². The lowest BCUT2D eigenvalue weighted by Crippen LogP contribution is -2.43. The Hall–Kier alpha value is -3.29. The average molecular weight is 458 g/mol. The first-order chi connectivity index (χ1) is 15.8. The molecule has 8 nitrogen and oxygen atoms in total. The van der Waals surface area contributed by atoms with E-state index in [4.69, 9.17) is 18.9 Å². The molecular formula is C25H31NO7. The van der Waals surface area contributed by atoms with Crippen LogP contribution >= 0.6 is 0 Å². The fourth-order valence-electron chi connectivity index (χ4n) is 4.63. The molecule has 0 bridgehead atoms. The maximum absolute atomic E-state index is 13.7. The third-order valence-electron chi connectivity index (χ3n) is 6.06. The van der Waals surface area contributed by atoms with Crippen LogP contribution in [0.4, 0.5) is 0 Å². The lowest BCUT2D eigenvalue weighted by molar-refractivity contribution is -0.151. The van der Waals surface area contributed by atoms with E-state index in [1.54, 1.807) is 32.0 Å². The molecule has 1 aromatic rings. The number of dihydropyridines is 1. The van der Waals surface area contributed by atoms with Crippen LogP contribution < -0.4 is 14.8 Å². The summed E-state index contributed by atoms with van der Waals surface area (Å²) >= 11 is 0. The topological polar surface area (TPSA) is 100 Å². The number of carbonyl (C=O) groups excluding carboxylic acids is 3. The maximum Gasteiger partial charge on any atom is 0.336 e.